The van der Waals surface area contributed by atoms with E-state index >= 15 is 0 Å². The molecule has 3 aliphatic rings. The Labute approximate surface area is 167 Å². The number of carbonyl (C=O) groups is 2. The van der Waals surface area contributed by atoms with E-state index in [1.165, 1.54) is 61.0 Å². The summed E-state index contributed by atoms with van der Waals surface area (Å²) in [4.78, 5) is 26.8. The molecule has 0 saturated carbocycles. The minimum atomic E-state index is 0.403. The standard InChI is InChI=1S/C22H32O2S2/c23-19-13-14-21-18(19)10-6-3-1-2-5-9-17-11-12-20(24)22(17)26-16-8-4-7-15-25-21/h1-16H2. The molecular formula is C22H32O2S2. The minimum Gasteiger partial charge on any atom is -0.295 e. The lowest BCUT2D eigenvalue weighted by molar-refractivity contribution is -0.115. The molecule has 144 valence electrons. The van der Waals surface area contributed by atoms with E-state index in [0.29, 0.717) is 11.6 Å². The van der Waals surface area contributed by atoms with Crippen LogP contribution in [0.4, 0.5) is 0 Å². The molecule has 0 aromatic rings. The van der Waals surface area contributed by atoms with E-state index in [2.05, 4.69) is 0 Å². The Balaban J connectivity index is 1.54. The lowest BCUT2D eigenvalue weighted by Gasteiger charge is -2.09. The highest BCUT2D eigenvalue weighted by molar-refractivity contribution is 8.04. The molecule has 0 radical (unpaired) electrons. The third-order valence-electron chi connectivity index (χ3n) is 5.70. The van der Waals surface area contributed by atoms with Crippen molar-refractivity contribution in [2.24, 2.45) is 0 Å². The molecule has 0 aromatic heterocycles. The first-order valence-electron chi connectivity index (χ1n) is 10.5. The first-order chi connectivity index (χ1) is 12.8. The Morgan fingerprint density at radius 1 is 0.538 bits per heavy atom. The molecule has 1 heterocycles. The van der Waals surface area contributed by atoms with Gasteiger partial charge in [-0.15, -0.1) is 23.5 Å². The molecule has 0 atom stereocenters. The summed E-state index contributed by atoms with van der Waals surface area (Å²) in [5.74, 6) is 3.05. The smallest absolute Gasteiger partial charge is 0.169 e. The maximum Gasteiger partial charge on any atom is 0.169 e. The lowest BCUT2D eigenvalue weighted by Crippen LogP contribution is -1.97. The summed E-state index contributed by atoms with van der Waals surface area (Å²) in [7, 11) is 0. The van der Waals surface area contributed by atoms with Crippen molar-refractivity contribution in [1.82, 2.24) is 0 Å². The second-order valence-electron chi connectivity index (χ2n) is 7.71. The maximum absolute atomic E-state index is 12.2. The predicted molar refractivity (Wildman–Crippen MR) is 114 cm³/mol. The largest absolute Gasteiger partial charge is 0.295 e. The summed E-state index contributed by atoms with van der Waals surface area (Å²) >= 11 is 3.77. The zero-order valence-corrected chi connectivity index (χ0v) is 17.6. The van der Waals surface area contributed by atoms with Crippen molar-refractivity contribution in [3.63, 3.8) is 0 Å². The van der Waals surface area contributed by atoms with Crippen molar-refractivity contribution in [1.29, 1.82) is 0 Å². The molecule has 2 nitrogen and oxygen atoms in total. The van der Waals surface area contributed by atoms with Crippen LogP contribution in [0, 0.1) is 0 Å². The number of thioether (sulfide) groups is 2. The van der Waals surface area contributed by atoms with Crippen LogP contribution in [0.1, 0.15) is 89.9 Å². The summed E-state index contributed by atoms with van der Waals surface area (Å²) < 4.78 is 0. The Bertz CT molecular complexity index is 537. The average molecular weight is 393 g/mol. The highest BCUT2D eigenvalue weighted by atomic mass is 32.2. The Kier molecular flexibility index (Phi) is 8.38. The van der Waals surface area contributed by atoms with Crippen LogP contribution < -0.4 is 0 Å². The lowest BCUT2D eigenvalue weighted by atomic mass is 10.0. The zero-order chi connectivity index (χ0) is 18.2. The second kappa shape index (κ2) is 10.8. The van der Waals surface area contributed by atoms with Gasteiger partial charge in [0, 0.05) is 23.3 Å². The van der Waals surface area contributed by atoms with Crippen LogP contribution in [0.5, 0.6) is 0 Å². The van der Waals surface area contributed by atoms with Gasteiger partial charge in [0.1, 0.15) is 0 Å². The van der Waals surface area contributed by atoms with E-state index in [9.17, 15) is 9.59 Å². The molecule has 26 heavy (non-hydrogen) atoms. The fraction of sp³-hybridized carbons (Fsp3) is 0.727. The summed E-state index contributed by atoms with van der Waals surface area (Å²) in [6, 6.07) is 0. The van der Waals surface area contributed by atoms with E-state index in [-0.39, 0.29) is 0 Å². The van der Waals surface area contributed by atoms with Crippen molar-refractivity contribution >= 4 is 35.1 Å². The Hall–Kier alpha value is -0.480. The molecule has 0 amide bonds. The van der Waals surface area contributed by atoms with E-state index in [1.807, 2.05) is 23.5 Å². The van der Waals surface area contributed by atoms with Gasteiger partial charge in [-0.25, -0.2) is 0 Å². The van der Waals surface area contributed by atoms with Gasteiger partial charge in [-0.2, -0.15) is 0 Å². The van der Waals surface area contributed by atoms with Crippen LogP contribution in [0.25, 0.3) is 0 Å². The fourth-order valence-corrected chi connectivity index (χ4v) is 6.61. The van der Waals surface area contributed by atoms with Gasteiger partial charge in [0.15, 0.2) is 11.6 Å². The third kappa shape index (κ3) is 5.76. The number of carbonyl (C=O) groups excluding carboxylic acids is 2. The first kappa shape index (κ1) is 20.3. The highest BCUT2D eigenvalue weighted by Gasteiger charge is 2.24. The van der Waals surface area contributed by atoms with Gasteiger partial charge in [0.05, 0.1) is 0 Å². The van der Waals surface area contributed by atoms with Crippen LogP contribution in [0.3, 0.4) is 0 Å². The van der Waals surface area contributed by atoms with Gasteiger partial charge in [0.25, 0.3) is 0 Å². The van der Waals surface area contributed by atoms with Crippen molar-refractivity contribution in [2.45, 2.75) is 89.9 Å². The molecule has 0 saturated heterocycles. The molecule has 0 N–H and O–H groups in total. The van der Waals surface area contributed by atoms with Crippen molar-refractivity contribution in [3.8, 4) is 0 Å². The van der Waals surface area contributed by atoms with Gasteiger partial charge in [-0.05, 0) is 67.8 Å². The Morgan fingerprint density at radius 3 is 2.04 bits per heavy atom. The van der Waals surface area contributed by atoms with E-state index in [4.69, 9.17) is 0 Å². The fourth-order valence-electron chi connectivity index (χ4n) is 4.15. The van der Waals surface area contributed by atoms with E-state index in [1.54, 1.807) is 0 Å². The molecule has 0 bridgehead atoms. The van der Waals surface area contributed by atoms with Crippen LogP contribution in [-0.2, 0) is 9.59 Å². The molecule has 0 spiro atoms. The summed E-state index contributed by atoms with van der Waals surface area (Å²) in [6.45, 7) is 0. The van der Waals surface area contributed by atoms with Gasteiger partial charge < -0.3 is 0 Å². The Morgan fingerprint density at radius 2 is 1.19 bits per heavy atom. The topological polar surface area (TPSA) is 34.1 Å². The van der Waals surface area contributed by atoms with Crippen LogP contribution in [0.15, 0.2) is 21.0 Å². The van der Waals surface area contributed by atoms with Gasteiger partial charge in [-0.3, -0.25) is 9.59 Å². The number of ketones is 2. The van der Waals surface area contributed by atoms with Crippen molar-refractivity contribution in [2.75, 3.05) is 11.5 Å². The quantitative estimate of drug-likeness (QED) is 0.465. The molecule has 4 heteroatoms. The summed E-state index contributed by atoms with van der Waals surface area (Å²) in [5.41, 5.74) is 2.62. The van der Waals surface area contributed by atoms with Gasteiger partial charge in [0.2, 0.25) is 0 Å². The number of Topliss-reactive ketones (excluding diaryl/α,β-unsaturated/α-hetero) is 2. The van der Waals surface area contributed by atoms with Crippen molar-refractivity contribution < 1.29 is 9.59 Å². The number of rotatable bonds is 0. The third-order valence-corrected chi connectivity index (χ3v) is 8.29. The second-order valence-corrected chi connectivity index (χ2v) is 10.0. The number of hydrogen-bond donors (Lipinski definition) is 0. The molecule has 2 aliphatic carbocycles. The molecule has 0 fully saturated rings. The SMILES string of the molecule is O=C1CCC2=C1CCCCCCCC1=C(SCCCCCS2)C(=O)CC1. The van der Waals surface area contributed by atoms with Gasteiger partial charge >= 0.3 is 0 Å². The highest BCUT2D eigenvalue weighted by Crippen LogP contribution is 2.37. The van der Waals surface area contributed by atoms with E-state index in [0.717, 1.165) is 61.4 Å². The monoisotopic (exact) mass is 392 g/mol. The van der Waals surface area contributed by atoms with E-state index < -0.39 is 0 Å². The van der Waals surface area contributed by atoms with Crippen molar-refractivity contribution in [3.05, 3.63) is 21.0 Å². The van der Waals surface area contributed by atoms with Gasteiger partial charge in [-0.1, -0.05) is 31.3 Å². The van der Waals surface area contributed by atoms with Crippen LogP contribution >= 0.6 is 23.5 Å². The molecule has 3 rings (SSSR count). The molecule has 0 unspecified atom stereocenters. The van der Waals surface area contributed by atoms with Crippen LogP contribution in [-0.4, -0.2) is 23.1 Å². The maximum atomic E-state index is 12.2. The number of allylic oxidation sites excluding steroid dienone is 4. The molecular weight excluding hydrogens is 360 g/mol. The zero-order valence-electron chi connectivity index (χ0n) is 15.9. The van der Waals surface area contributed by atoms with Crippen LogP contribution in [0.2, 0.25) is 0 Å². The minimum absolute atomic E-state index is 0.403. The normalized spacial score (nSPS) is 25.1. The average Bonchev–Trinajstić information content (AvgIpc) is 3.16. The first-order valence-corrected chi connectivity index (χ1v) is 12.5. The molecule has 0 aromatic carbocycles. The number of hydrogen-bond acceptors (Lipinski definition) is 4. The summed E-state index contributed by atoms with van der Waals surface area (Å²) in [5, 5.41) is 0. The predicted octanol–water partition coefficient (Wildman–Crippen LogP) is 6.60. The summed E-state index contributed by atoms with van der Waals surface area (Å²) in [6.07, 6.45) is 15.4. The molecule has 1 aliphatic heterocycles.